The second-order valence-electron chi connectivity index (χ2n) is 4.35. The van der Waals surface area contributed by atoms with Crippen LogP contribution in [0.2, 0.25) is 0 Å². The Balaban J connectivity index is 2.85. The number of ether oxygens (including phenoxy) is 1. The van der Waals surface area contributed by atoms with Crippen LogP contribution in [0.3, 0.4) is 0 Å². The zero-order valence-electron chi connectivity index (χ0n) is 10.8. The molecule has 0 saturated heterocycles. The molecule has 0 atom stereocenters. The molecule has 1 heterocycles. The van der Waals surface area contributed by atoms with E-state index < -0.39 is 0 Å². The highest BCUT2D eigenvalue weighted by atomic mass is 16.5. The minimum absolute atomic E-state index is 0.179. The molecule has 0 radical (unpaired) electrons. The first kappa shape index (κ1) is 13.4. The number of aryl methyl sites for hydroxylation is 1. The van der Waals surface area contributed by atoms with Crippen molar-refractivity contribution in [3.8, 4) is 0 Å². The summed E-state index contributed by atoms with van der Waals surface area (Å²) in [4.78, 5) is 21.7. The highest BCUT2D eigenvalue weighted by molar-refractivity contribution is 5.74. The number of aromatic nitrogens is 2. The number of methoxy groups -OCH3 is 1. The van der Waals surface area contributed by atoms with Crippen LogP contribution in [0.4, 0.5) is 5.95 Å². The van der Waals surface area contributed by atoms with E-state index in [4.69, 9.17) is 0 Å². The molecular formula is C12H19N3O2. The molecule has 0 spiro atoms. The monoisotopic (exact) mass is 237 g/mol. The number of rotatable bonds is 5. The molecule has 0 aliphatic rings. The largest absolute Gasteiger partial charge is 0.468 e. The van der Waals surface area contributed by atoms with Crippen molar-refractivity contribution >= 4 is 11.9 Å². The SMILES string of the molecule is COC(=O)CN(CC(C)C)c1nccc(C)n1. The van der Waals surface area contributed by atoms with E-state index in [0.717, 1.165) is 12.2 Å². The van der Waals surface area contributed by atoms with Crippen LogP contribution in [-0.2, 0) is 9.53 Å². The fourth-order valence-electron chi connectivity index (χ4n) is 1.47. The molecule has 0 unspecified atom stereocenters. The van der Waals surface area contributed by atoms with E-state index in [1.807, 2.05) is 17.9 Å². The fourth-order valence-corrected chi connectivity index (χ4v) is 1.47. The summed E-state index contributed by atoms with van der Waals surface area (Å²) in [6, 6.07) is 1.83. The van der Waals surface area contributed by atoms with Gasteiger partial charge in [-0.2, -0.15) is 0 Å². The lowest BCUT2D eigenvalue weighted by Crippen LogP contribution is -2.35. The summed E-state index contributed by atoms with van der Waals surface area (Å²) in [5.74, 6) is 0.712. The quantitative estimate of drug-likeness (QED) is 0.725. The molecule has 1 aromatic rings. The van der Waals surface area contributed by atoms with E-state index >= 15 is 0 Å². The normalized spacial score (nSPS) is 10.4. The maximum absolute atomic E-state index is 11.3. The second-order valence-corrected chi connectivity index (χ2v) is 4.35. The van der Waals surface area contributed by atoms with Crippen LogP contribution in [0.25, 0.3) is 0 Å². The van der Waals surface area contributed by atoms with Gasteiger partial charge in [-0.15, -0.1) is 0 Å². The molecule has 17 heavy (non-hydrogen) atoms. The molecule has 0 aliphatic carbocycles. The Morgan fingerprint density at radius 3 is 2.76 bits per heavy atom. The molecule has 0 amide bonds. The Bertz CT molecular complexity index is 380. The zero-order valence-corrected chi connectivity index (χ0v) is 10.8. The standard InChI is InChI=1S/C12H19N3O2/c1-9(2)7-15(8-11(16)17-4)12-13-6-5-10(3)14-12/h5-6,9H,7-8H2,1-4H3. The molecule has 5 nitrogen and oxygen atoms in total. The lowest BCUT2D eigenvalue weighted by atomic mass is 10.2. The second kappa shape index (κ2) is 6.18. The summed E-state index contributed by atoms with van der Waals surface area (Å²) < 4.78 is 4.68. The maximum atomic E-state index is 11.3. The Labute approximate surface area is 102 Å². The number of hydrogen-bond donors (Lipinski definition) is 0. The molecule has 0 saturated carbocycles. The highest BCUT2D eigenvalue weighted by Crippen LogP contribution is 2.10. The Hall–Kier alpha value is -1.65. The first-order chi connectivity index (χ1) is 8.02. The van der Waals surface area contributed by atoms with Gasteiger partial charge in [0.25, 0.3) is 0 Å². The molecule has 0 N–H and O–H groups in total. The molecule has 0 fully saturated rings. The Morgan fingerprint density at radius 2 is 2.24 bits per heavy atom. The van der Waals surface area contributed by atoms with Gasteiger partial charge in [-0.25, -0.2) is 9.97 Å². The molecule has 0 bridgehead atoms. The van der Waals surface area contributed by atoms with Crippen molar-refractivity contribution in [1.29, 1.82) is 0 Å². The van der Waals surface area contributed by atoms with Crippen molar-refractivity contribution in [2.24, 2.45) is 5.92 Å². The molecule has 0 aromatic carbocycles. The van der Waals surface area contributed by atoms with Gasteiger partial charge in [0.1, 0.15) is 6.54 Å². The maximum Gasteiger partial charge on any atom is 0.325 e. The molecule has 1 rings (SSSR count). The van der Waals surface area contributed by atoms with Crippen LogP contribution in [-0.4, -0.2) is 36.1 Å². The Kier molecular flexibility index (Phi) is 4.87. The number of carbonyl (C=O) groups is 1. The van der Waals surface area contributed by atoms with E-state index in [-0.39, 0.29) is 12.5 Å². The number of hydrogen-bond acceptors (Lipinski definition) is 5. The summed E-state index contributed by atoms with van der Waals surface area (Å²) >= 11 is 0. The smallest absolute Gasteiger partial charge is 0.325 e. The van der Waals surface area contributed by atoms with Crippen molar-refractivity contribution in [1.82, 2.24) is 9.97 Å². The lowest BCUT2D eigenvalue weighted by molar-refractivity contribution is -0.139. The average Bonchev–Trinajstić information content (AvgIpc) is 2.27. The number of esters is 1. The lowest BCUT2D eigenvalue weighted by Gasteiger charge is -2.23. The fraction of sp³-hybridized carbons (Fsp3) is 0.583. The van der Waals surface area contributed by atoms with Crippen molar-refractivity contribution in [2.75, 3.05) is 25.1 Å². The molecule has 94 valence electrons. The van der Waals surface area contributed by atoms with E-state index in [1.165, 1.54) is 7.11 Å². The van der Waals surface area contributed by atoms with Crippen LogP contribution >= 0.6 is 0 Å². The summed E-state index contributed by atoms with van der Waals surface area (Å²) in [6.45, 7) is 6.97. The zero-order chi connectivity index (χ0) is 12.8. The van der Waals surface area contributed by atoms with Crippen molar-refractivity contribution in [3.05, 3.63) is 18.0 Å². The van der Waals surface area contributed by atoms with Gasteiger partial charge in [0, 0.05) is 18.4 Å². The topological polar surface area (TPSA) is 55.3 Å². The molecule has 0 aliphatic heterocycles. The van der Waals surface area contributed by atoms with Gasteiger partial charge in [0.2, 0.25) is 5.95 Å². The first-order valence-corrected chi connectivity index (χ1v) is 5.64. The van der Waals surface area contributed by atoms with Gasteiger partial charge >= 0.3 is 5.97 Å². The predicted octanol–water partition coefficient (Wildman–Crippen LogP) is 1.42. The minimum atomic E-state index is -0.282. The summed E-state index contributed by atoms with van der Waals surface area (Å²) in [5.41, 5.74) is 0.883. The summed E-state index contributed by atoms with van der Waals surface area (Å²) in [5, 5.41) is 0. The first-order valence-electron chi connectivity index (χ1n) is 5.64. The van der Waals surface area contributed by atoms with E-state index in [1.54, 1.807) is 6.20 Å². The van der Waals surface area contributed by atoms with Crippen LogP contribution in [0, 0.1) is 12.8 Å². The van der Waals surface area contributed by atoms with Gasteiger partial charge in [0.15, 0.2) is 0 Å². The van der Waals surface area contributed by atoms with Crippen molar-refractivity contribution in [2.45, 2.75) is 20.8 Å². The van der Waals surface area contributed by atoms with E-state index in [9.17, 15) is 4.79 Å². The third-order valence-electron chi connectivity index (χ3n) is 2.20. The molecule has 5 heteroatoms. The average molecular weight is 237 g/mol. The Morgan fingerprint density at radius 1 is 1.53 bits per heavy atom. The third-order valence-corrected chi connectivity index (χ3v) is 2.20. The summed E-state index contributed by atoms with van der Waals surface area (Å²) in [6.07, 6.45) is 1.70. The van der Waals surface area contributed by atoms with Gasteiger partial charge in [-0.1, -0.05) is 13.8 Å². The number of anilines is 1. The van der Waals surface area contributed by atoms with Crippen LogP contribution in [0.1, 0.15) is 19.5 Å². The van der Waals surface area contributed by atoms with Gasteiger partial charge in [-0.3, -0.25) is 4.79 Å². The van der Waals surface area contributed by atoms with Gasteiger partial charge in [-0.05, 0) is 18.9 Å². The van der Waals surface area contributed by atoms with Crippen LogP contribution < -0.4 is 4.90 Å². The highest BCUT2D eigenvalue weighted by Gasteiger charge is 2.15. The van der Waals surface area contributed by atoms with Crippen molar-refractivity contribution < 1.29 is 9.53 Å². The number of carbonyl (C=O) groups excluding carboxylic acids is 1. The summed E-state index contributed by atoms with van der Waals surface area (Å²) in [7, 11) is 1.38. The van der Waals surface area contributed by atoms with Crippen LogP contribution in [0.15, 0.2) is 12.3 Å². The van der Waals surface area contributed by atoms with E-state index in [0.29, 0.717) is 11.9 Å². The van der Waals surface area contributed by atoms with E-state index in [2.05, 4.69) is 28.6 Å². The molecular weight excluding hydrogens is 218 g/mol. The van der Waals surface area contributed by atoms with Gasteiger partial charge in [0.05, 0.1) is 7.11 Å². The van der Waals surface area contributed by atoms with Crippen LogP contribution in [0.5, 0.6) is 0 Å². The third kappa shape index (κ3) is 4.38. The van der Waals surface area contributed by atoms with Crippen molar-refractivity contribution in [3.63, 3.8) is 0 Å². The minimum Gasteiger partial charge on any atom is -0.468 e. The molecule has 1 aromatic heterocycles. The number of nitrogens with zero attached hydrogens (tertiary/aromatic N) is 3. The predicted molar refractivity (Wildman–Crippen MR) is 65.8 cm³/mol. The van der Waals surface area contributed by atoms with Gasteiger partial charge < -0.3 is 9.64 Å².